The molecule has 3 N–H and O–H groups in total. The molecule has 0 aromatic heterocycles. The van der Waals surface area contributed by atoms with Gasteiger partial charge in [0.1, 0.15) is 0 Å². The molecule has 0 spiro atoms. The molecule has 0 radical (unpaired) electrons. The van der Waals surface area contributed by atoms with Crippen LogP contribution >= 0.6 is 0 Å². The minimum Gasteiger partial charge on any atom is -0.394 e. The molecule has 1 atom stereocenters. The van der Waals surface area contributed by atoms with Crippen molar-refractivity contribution in [1.82, 2.24) is 10.6 Å². The maximum atomic E-state index is 12.0. The van der Waals surface area contributed by atoms with Gasteiger partial charge in [-0.2, -0.15) is 0 Å². The van der Waals surface area contributed by atoms with Crippen molar-refractivity contribution in [3.63, 3.8) is 0 Å². The van der Waals surface area contributed by atoms with Gasteiger partial charge in [-0.25, -0.2) is 0 Å². The van der Waals surface area contributed by atoms with Gasteiger partial charge < -0.3 is 15.7 Å². The number of aliphatic hydroxyl groups excluding tert-OH is 1. The summed E-state index contributed by atoms with van der Waals surface area (Å²) in [4.78, 5) is 12.0. The molecular weight excluding hydrogens is 252 g/mol. The van der Waals surface area contributed by atoms with Crippen molar-refractivity contribution in [2.45, 2.75) is 45.2 Å². The molecule has 0 aliphatic rings. The molecule has 1 aromatic carbocycles. The van der Waals surface area contributed by atoms with Crippen molar-refractivity contribution in [2.75, 3.05) is 13.2 Å². The van der Waals surface area contributed by atoms with Crippen LogP contribution in [0.2, 0.25) is 0 Å². The Morgan fingerprint density at radius 2 is 1.95 bits per heavy atom. The summed E-state index contributed by atoms with van der Waals surface area (Å²) >= 11 is 0. The van der Waals surface area contributed by atoms with E-state index >= 15 is 0 Å². The maximum absolute atomic E-state index is 12.0. The minimum atomic E-state index is -0.718. The Morgan fingerprint density at radius 1 is 1.30 bits per heavy atom. The first kappa shape index (κ1) is 16.7. The van der Waals surface area contributed by atoms with Crippen LogP contribution in [0.1, 0.15) is 39.2 Å². The van der Waals surface area contributed by atoms with Crippen molar-refractivity contribution >= 4 is 5.91 Å². The van der Waals surface area contributed by atoms with Crippen molar-refractivity contribution < 1.29 is 9.90 Å². The summed E-state index contributed by atoms with van der Waals surface area (Å²) in [5.41, 5.74) is 0.195. The SMILES string of the molecule is CC(C)NCCCC(=O)NC(C)(CO)c1ccccc1. The van der Waals surface area contributed by atoms with Gasteiger partial charge in [-0.1, -0.05) is 44.2 Å². The number of carbonyl (C=O) groups is 1. The number of amides is 1. The van der Waals surface area contributed by atoms with Crippen molar-refractivity contribution in [3.05, 3.63) is 35.9 Å². The highest BCUT2D eigenvalue weighted by Crippen LogP contribution is 2.19. The van der Waals surface area contributed by atoms with E-state index in [1.807, 2.05) is 37.3 Å². The molecule has 0 bridgehead atoms. The first-order chi connectivity index (χ1) is 9.48. The zero-order valence-electron chi connectivity index (χ0n) is 12.6. The van der Waals surface area contributed by atoms with Crippen LogP contribution in [0.3, 0.4) is 0 Å². The Morgan fingerprint density at radius 3 is 2.50 bits per heavy atom. The van der Waals surface area contributed by atoms with Crippen LogP contribution < -0.4 is 10.6 Å². The van der Waals surface area contributed by atoms with E-state index in [2.05, 4.69) is 24.5 Å². The second kappa shape index (κ2) is 8.02. The van der Waals surface area contributed by atoms with Crippen molar-refractivity contribution in [1.29, 1.82) is 0 Å². The van der Waals surface area contributed by atoms with Gasteiger partial charge >= 0.3 is 0 Å². The van der Waals surface area contributed by atoms with E-state index in [-0.39, 0.29) is 12.5 Å². The van der Waals surface area contributed by atoms with Gasteiger partial charge in [-0.05, 0) is 25.5 Å². The molecule has 1 amide bonds. The number of rotatable bonds is 8. The molecular formula is C16H26N2O2. The van der Waals surface area contributed by atoms with Gasteiger partial charge in [0.15, 0.2) is 0 Å². The number of nitrogens with one attached hydrogen (secondary N) is 2. The Hall–Kier alpha value is -1.39. The Bertz CT molecular complexity index is 406. The average molecular weight is 278 g/mol. The predicted molar refractivity (Wildman–Crippen MR) is 81.4 cm³/mol. The second-order valence-electron chi connectivity index (χ2n) is 5.62. The molecule has 4 nitrogen and oxygen atoms in total. The van der Waals surface area contributed by atoms with Crippen LogP contribution in [0.5, 0.6) is 0 Å². The molecule has 0 heterocycles. The fourth-order valence-corrected chi connectivity index (χ4v) is 2.02. The molecule has 0 saturated heterocycles. The number of aliphatic hydroxyl groups is 1. The van der Waals surface area contributed by atoms with E-state index in [0.717, 1.165) is 18.5 Å². The van der Waals surface area contributed by atoms with Crippen LogP contribution in [0.25, 0.3) is 0 Å². The molecule has 1 rings (SSSR count). The third-order valence-electron chi connectivity index (χ3n) is 3.28. The van der Waals surface area contributed by atoms with Crippen LogP contribution in [0.15, 0.2) is 30.3 Å². The van der Waals surface area contributed by atoms with Gasteiger partial charge in [-0.3, -0.25) is 4.79 Å². The molecule has 0 aliphatic carbocycles. The van der Waals surface area contributed by atoms with Crippen molar-refractivity contribution in [2.24, 2.45) is 0 Å². The minimum absolute atomic E-state index is 0.0315. The third-order valence-corrected chi connectivity index (χ3v) is 3.28. The molecule has 0 fully saturated rings. The highest BCUT2D eigenvalue weighted by molar-refractivity contribution is 5.77. The summed E-state index contributed by atoms with van der Waals surface area (Å²) in [6.07, 6.45) is 1.25. The normalized spacial score (nSPS) is 14.1. The van der Waals surface area contributed by atoms with Gasteiger partial charge in [0.25, 0.3) is 0 Å². The maximum Gasteiger partial charge on any atom is 0.220 e. The van der Waals surface area contributed by atoms with Gasteiger partial charge in [-0.15, -0.1) is 0 Å². The second-order valence-corrected chi connectivity index (χ2v) is 5.62. The fraction of sp³-hybridized carbons (Fsp3) is 0.562. The Balaban J connectivity index is 2.49. The van der Waals surface area contributed by atoms with E-state index in [1.165, 1.54) is 0 Å². The summed E-state index contributed by atoms with van der Waals surface area (Å²) in [5, 5.41) is 15.8. The highest BCUT2D eigenvalue weighted by atomic mass is 16.3. The summed E-state index contributed by atoms with van der Waals surface area (Å²) in [7, 11) is 0. The van der Waals surface area contributed by atoms with Crippen LogP contribution in [0, 0.1) is 0 Å². The van der Waals surface area contributed by atoms with Gasteiger partial charge in [0.05, 0.1) is 12.1 Å². The smallest absolute Gasteiger partial charge is 0.220 e. The summed E-state index contributed by atoms with van der Waals surface area (Å²) in [6, 6.07) is 9.99. The zero-order valence-corrected chi connectivity index (χ0v) is 12.6. The first-order valence-corrected chi connectivity index (χ1v) is 7.19. The van der Waals surface area contributed by atoms with Crippen molar-refractivity contribution in [3.8, 4) is 0 Å². The summed E-state index contributed by atoms with van der Waals surface area (Å²) < 4.78 is 0. The quantitative estimate of drug-likeness (QED) is 0.635. The standard InChI is InChI=1S/C16H26N2O2/c1-13(2)17-11-7-10-15(20)18-16(3,12-19)14-8-5-4-6-9-14/h4-6,8-9,13,17,19H,7,10-12H2,1-3H3,(H,18,20). The van der Waals surface area contributed by atoms with E-state index in [9.17, 15) is 9.90 Å². The lowest BCUT2D eigenvalue weighted by atomic mass is 9.92. The first-order valence-electron chi connectivity index (χ1n) is 7.19. The van der Waals surface area contributed by atoms with Gasteiger partial charge in [0.2, 0.25) is 5.91 Å². The predicted octanol–water partition coefficient (Wildman–Crippen LogP) is 1.79. The number of carbonyl (C=O) groups excluding carboxylic acids is 1. The average Bonchev–Trinajstić information content (AvgIpc) is 2.44. The summed E-state index contributed by atoms with van der Waals surface area (Å²) in [6.45, 7) is 6.71. The van der Waals surface area contributed by atoms with Crippen LogP contribution in [0.4, 0.5) is 0 Å². The topological polar surface area (TPSA) is 61.4 Å². The zero-order chi connectivity index (χ0) is 15.0. The number of benzene rings is 1. The molecule has 1 unspecified atom stereocenters. The highest BCUT2D eigenvalue weighted by Gasteiger charge is 2.27. The molecule has 0 saturated carbocycles. The van der Waals surface area contributed by atoms with E-state index in [4.69, 9.17) is 0 Å². The van der Waals surface area contributed by atoms with E-state index in [0.29, 0.717) is 12.5 Å². The molecule has 0 aliphatic heterocycles. The fourth-order valence-electron chi connectivity index (χ4n) is 2.02. The van der Waals surface area contributed by atoms with Crippen LogP contribution in [-0.4, -0.2) is 30.2 Å². The van der Waals surface area contributed by atoms with Gasteiger partial charge in [0, 0.05) is 12.5 Å². The van der Waals surface area contributed by atoms with E-state index in [1.54, 1.807) is 0 Å². The molecule has 4 heteroatoms. The molecule has 1 aromatic rings. The monoisotopic (exact) mass is 278 g/mol. The van der Waals surface area contributed by atoms with E-state index < -0.39 is 5.54 Å². The lowest BCUT2D eigenvalue weighted by Gasteiger charge is -2.29. The summed E-state index contributed by atoms with van der Waals surface area (Å²) in [5.74, 6) is -0.0315. The lowest BCUT2D eigenvalue weighted by Crippen LogP contribution is -2.46. The Kier molecular flexibility index (Phi) is 6.68. The Labute approximate surface area is 121 Å². The molecule has 112 valence electrons. The number of hydrogen-bond donors (Lipinski definition) is 3. The lowest BCUT2D eigenvalue weighted by molar-refractivity contribution is -0.123. The third kappa shape index (κ3) is 5.31. The van der Waals surface area contributed by atoms with Crippen LogP contribution in [-0.2, 0) is 10.3 Å². The molecule has 20 heavy (non-hydrogen) atoms. The number of hydrogen-bond acceptors (Lipinski definition) is 3. The largest absolute Gasteiger partial charge is 0.394 e.